The number of amides is 1. The lowest BCUT2D eigenvalue weighted by atomic mass is 9.96. The first kappa shape index (κ1) is 16.3. The Labute approximate surface area is 145 Å². The Balaban J connectivity index is 1.44. The van der Waals surface area contributed by atoms with Crippen molar-refractivity contribution in [1.82, 2.24) is 24.0 Å². The lowest BCUT2D eigenvalue weighted by Gasteiger charge is -2.35. The minimum atomic E-state index is -0.141. The zero-order valence-electron chi connectivity index (χ0n) is 14.2. The smallest absolute Gasteiger partial charge is 0.351 e. The predicted octanol–water partition coefficient (Wildman–Crippen LogP) is 0.0243. The number of morpholine rings is 1. The van der Waals surface area contributed by atoms with Gasteiger partial charge in [-0.15, -0.1) is 5.10 Å². The third-order valence-electron chi connectivity index (χ3n) is 5.00. The van der Waals surface area contributed by atoms with Crippen LogP contribution in [0.2, 0.25) is 0 Å². The normalized spacial score (nSPS) is 22.4. The molecule has 8 nitrogen and oxygen atoms in total. The number of carbonyl (C=O) groups is 1. The van der Waals surface area contributed by atoms with Gasteiger partial charge in [-0.3, -0.25) is 14.1 Å². The summed E-state index contributed by atoms with van der Waals surface area (Å²) >= 11 is 0. The van der Waals surface area contributed by atoms with Gasteiger partial charge >= 0.3 is 5.69 Å². The lowest BCUT2D eigenvalue weighted by molar-refractivity contribution is -0.141. The van der Waals surface area contributed by atoms with E-state index in [0.29, 0.717) is 45.2 Å². The highest BCUT2D eigenvalue weighted by molar-refractivity contribution is 5.79. The number of pyridine rings is 1. The summed E-state index contributed by atoms with van der Waals surface area (Å²) in [6.45, 7) is 4.59. The number of aromatic nitrogens is 3. The van der Waals surface area contributed by atoms with Gasteiger partial charge in [0.1, 0.15) is 0 Å². The van der Waals surface area contributed by atoms with E-state index in [-0.39, 0.29) is 17.5 Å². The van der Waals surface area contributed by atoms with E-state index in [0.717, 1.165) is 19.4 Å². The highest BCUT2D eigenvalue weighted by Crippen LogP contribution is 2.19. The van der Waals surface area contributed by atoms with Crippen molar-refractivity contribution in [1.29, 1.82) is 0 Å². The van der Waals surface area contributed by atoms with Crippen LogP contribution in [-0.4, -0.2) is 69.3 Å². The van der Waals surface area contributed by atoms with Gasteiger partial charge in [0.2, 0.25) is 5.91 Å². The standard InChI is InChI=1S/C17H23N5O3/c23-16(20-8-10-25-11-9-20)14-4-3-6-19(12-14)13-22-17(24)21-7-2-1-5-15(21)18-22/h1-2,5,7,14H,3-4,6,8-13H2/t14-/m1/s1. The number of piperidine rings is 1. The molecule has 0 aromatic carbocycles. The van der Waals surface area contributed by atoms with E-state index >= 15 is 0 Å². The molecule has 8 heteroatoms. The number of ether oxygens (including phenoxy) is 1. The molecule has 0 aliphatic carbocycles. The van der Waals surface area contributed by atoms with E-state index in [1.807, 2.05) is 23.1 Å². The zero-order chi connectivity index (χ0) is 17.2. The maximum Gasteiger partial charge on any atom is 0.351 e. The van der Waals surface area contributed by atoms with E-state index < -0.39 is 0 Å². The van der Waals surface area contributed by atoms with Gasteiger partial charge in [0, 0.05) is 25.8 Å². The van der Waals surface area contributed by atoms with Crippen LogP contribution in [0.5, 0.6) is 0 Å². The molecule has 2 aromatic rings. The van der Waals surface area contributed by atoms with Crippen LogP contribution in [0.3, 0.4) is 0 Å². The Morgan fingerprint density at radius 1 is 1.24 bits per heavy atom. The molecule has 4 rings (SSSR count). The summed E-state index contributed by atoms with van der Waals surface area (Å²) in [4.78, 5) is 29.2. The summed E-state index contributed by atoms with van der Waals surface area (Å²) in [6, 6.07) is 5.50. The maximum absolute atomic E-state index is 12.7. The van der Waals surface area contributed by atoms with Crippen LogP contribution in [0.15, 0.2) is 29.2 Å². The molecule has 2 aliphatic rings. The number of hydrogen-bond acceptors (Lipinski definition) is 5. The lowest BCUT2D eigenvalue weighted by Crippen LogP contribution is -2.49. The average molecular weight is 345 g/mol. The van der Waals surface area contributed by atoms with Crippen molar-refractivity contribution < 1.29 is 9.53 Å². The molecule has 0 N–H and O–H groups in total. The first-order valence-electron chi connectivity index (χ1n) is 8.85. The molecule has 0 bridgehead atoms. The van der Waals surface area contributed by atoms with Gasteiger partial charge in [0.15, 0.2) is 5.65 Å². The van der Waals surface area contributed by atoms with Crippen molar-refractivity contribution in [3.63, 3.8) is 0 Å². The highest BCUT2D eigenvalue weighted by Gasteiger charge is 2.30. The second-order valence-corrected chi connectivity index (χ2v) is 6.71. The molecule has 2 saturated heterocycles. The third kappa shape index (κ3) is 3.32. The maximum atomic E-state index is 12.7. The third-order valence-corrected chi connectivity index (χ3v) is 5.00. The van der Waals surface area contributed by atoms with Gasteiger partial charge in [0.25, 0.3) is 0 Å². The highest BCUT2D eigenvalue weighted by atomic mass is 16.5. The summed E-state index contributed by atoms with van der Waals surface area (Å²) in [5.41, 5.74) is 0.502. The molecule has 2 aromatic heterocycles. The van der Waals surface area contributed by atoms with Gasteiger partial charge in [-0.25, -0.2) is 4.79 Å². The van der Waals surface area contributed by atoms with Crippen LogP contribution in [0.4, 0.5) is 0 Å². The predicted molar refractivity (Wildman–Crippen MR) is 91.1 cm³/mol. The fourth-order valence-corrected chi connectivity index (χ4v) is 3.68. The first-order chi connectivity index (χ1) is 12.2. The molecule has 134 valence electrons. The Kier molecular flexibility index (Phi) is 4.54. The molecular weight excluding hydrogens is 322 g/mol. The average Bonchev–Trinajstić information content (AvgIpc) is 2.98. The minimum absolute atomic E-state index is 0.000386. The van der Waals surface area contributed by atoms with Crippen molar-refractivity contribution in [2.45, 2.75) is 19.5 Å². The van der Waals surface area contributed by atoms with Crippen LogP contribution < -0.4 is 5.69 Å². The van der Waals surface area contributed by atoms with Gasteiger partial charge in [-0.1, -0.05) is 6.07 Å². The Hall–Kier alpha value is -2.19. The number of fused-ring (bicyclic) bond motifs is 1. The van der Waals surface area contributed by atoms with Crippen LogP contribution in [0.25, 0.3) is 5.65 Å². The number of hydrogen-bond donors (Lipinski definition) is 0. The quantitative estimate of drug-likeness (QED) is 0.785. The molecule has 0 radical (unpaired) electrons. The molecule has 0 spiro atoms. The van der Waals surface area contributed by atoms with Crippen molar-refractivity contribution in [3.05, 3.63) is 34.9 Å². The SMILES string of the molecule is O=C([C@@H]1CCCN(Cn2nc3ccccn3c2=O)C1)N1CCOCC1. The van der Waals surface area contributed by atoms with Gasteiger partial charge < -0.3 is 9.64 Å². The molecule has 1 amide bonds. The fourth-order valence-electron chi connectivity index (χ4n) is 3.68. The van der Waals surface area contributed by atoms with E-state index in [1.165, 1.54) is 4.68 Å². The van der Waals surface area contributed by atoms with Crippen molar-refractivity contribution in [3.8, 4) is 0 Å². The second kappa shape index (κ2) is 6.97. The molecular formula is C17H23N5O3. The van der Waals surface area contributed by atoms with E-state index in [1.54, 1.807) is 10.6 Å². The molecule has 2 aliphatic heterocycles. The largest absolute Gasteiger partial charge is 0.378 e. The fraction of sp³-hybridized carbons (Fsp3) is 0.588. The van der Waals surface area contributed by atoms with Crippen molar-refractivity contribution in [2.24, 2.45) is 5.92 Å². The van der Waals surface area contributed by atoms with Crippen LogP contribution in [0.1, 0.15) is 12.8 Å². The van der Waals surface area contributed by atoms with E-state index in [9.17, 15) is 9.59 Å². The molecule has 4 heterocycles. The summed E-state index contributed by atoms with van der Waals surface area (Å²) in [6.07, 6.45) is 3.59. The van der Waals surface area contributed by atoms with Gasteiger partial charge in [-0.2, -0.15) is 4.68 Å². The minimum Gasteiger partial charge on any atom is -0.378 e. The van der Waals surface area contributed by atoms with Crippen LogP contribution in [-0.2, 0) is 16.2 Å². The van der Waals surface area contributed by atoms with Crippen LogP contribution in [0, 0.1) is 5.92 Å². The van der Waals surface area contributed by atoms with Crippen molar-refractivity contribution in [2.75, 3.05) is 39.4 Å². The molecule has 25 heavy (non-hydrogen) atoms. The Bertz CT molecular complexity index is 808. The second-order valence-electron chi connectivity index (χ2n) is 6.71. The zero-order valence-corrected chi connectivity index (χ0v) is 14.2. The van der Waals surface area contributed by atoms with E-state index in [4.69, 9.17) is 4.74 Å². The van der Waals surface area contributed by atoms with Crippen LogP contribution >= 0.6 is 0 Å². The number of rotatable bonds is 3. The monoisotopic (exact) mass is 345 g/mol. The van der Waals surface area contributed by atoms with Crippen molar-refractivity contribution >= 4 is 11.6 Å². The summed E-state index contributed by atoms with van der Waals surface area (Å²) in [5.74, 6) is 0.218. The number of nitrogens with zero attached hydrogens (tertiary/aromatic N) is 5. The molecule has 2 fully saturated rings. The molecule has 1 atom stereocenters. The Morgan fingerprint density at radius 3 is 2.88 bits per heavy atom. The summed E-state index contributed by atoms with van der Waals surface area (Å²) in [5, 5.41) is 4.38. The number of likely N-dealkylation sites (tertiary alicyclic amines) is 1. The number of carbonyl (C=O) groups excluding carboxylic acids is 1. The van der Waals surface area contributed by atoms with E-state index in [2.05, 4.69) is 10.00 Å². The Morgan fingerprint density at radius 2 is 2.08 bits per heavy atom. The summed E-state index contributed by atoms with van der Waals surface area (Å²) < 4.78 is 8.35. The topological polar surface area (TPSA) is 72.1 Å². The summed E-state index contributed by atoms with van der Waals surface area (Å²) in [7, 11) is 0. The van der Waals surface area contributed by atoms with Gasteiger partial charge in [0.05, 0.1) is 25.8 Å². The first-order valence-corrected chi connectivity index (χ1v) is 8.85. The van der Waals surface area contributed by atoms with Gasteiger partial charge in [-0.05, 0) is 31.5 Å². The molecule has 0 saturated carbocycles. The molecule has 0 unspecified atom stereocenters.